The number of halogens is 3. The van der Waals surface area contributed by atoms with Gasteiger partial charge in [0.25, 0.3) is 0 Å². The molecule has 0 aromatic carbocycles. The van der Waals surface area contributed by atoms with Crippen molar-refractivity contribution in [3.05, 3.63) is 29.1 Å². The molecule has 3 rings (SSSR count). The van der Waals surface area contributed by atoms with Crippen molar-refractivity contribution in [2.75, 3.05) is 18.0 Å². The topological polar surface area (TPSA) is 80.5 Å². The SMILES string of the molecule is CC(C)(C)OC(=O)N[C@@H]1CCCN(c2c(C(F)(F)F)cnc3c2C(N)=CC3)C1. The van der Waals surface area contributed by atoms with Gasteiger partial charge in [-0.25, -0.2) is 4.79 Å². The number of rotatable bonds is 2. The van der Waals surface area contributed by atoms with E-state index >= 15 is 0 Å². The van der Waals surface area contributed by atoms with Crippen LogP contribution in [-0.4, -0.2) is 35.8 Å². The van der Waals surface area contributed by atoms with Gasteiger partial charge >= 0.3 is 12.3 Å². The number of nitrogens with one attached hydrogen (secondary N) is 1. The molecule has 1 amide bonds. The normalized spacial score (nSPS) is 19.9. The lowest BCUT2D eigenvalue weighted by Crippen LogP contribution is -2.49. The second-order valence-corrected chi connectivity index (χ2v) is 8.13. The Labute approximate surface area is 161 Å². The summed E-state index contributed by atoms with van der Waals surface area (Å²) in [5.74, 6) is 0. The highest BCUT2D eigenvalue weighted by Crippen LogP contribution is 2.43. The van der Waals surface area contributed by atoms with Gasteiger partial charge in [0.15, 0.2) is 0 Å². The highest BCUT2D eigenvalue weighted by Gasteiger charge is 2.39. The summed E-state index contributed by atoms with van der Waals surface area (Å²) in [4.78, 5) is 17.7. The number of pyridine rings is 1. The van der Waals surface area contributed by atoms with Crippen LogP contribution in [0.5, 0.6) is 0 Å². The van der Waals surface area contributed by atoms with Crippen molar-refractivity contribution in [1.29, 1.82) is 0 Å². The minimum atomic E-state index is -4.55. The molecule has 0 bridgehead atoms. The molecule has 0 spiro atoms. The zero-order chi connectivity index (χ0) is 20.7. The van der Waals surface area contributed by atoms with E-state index in [0.29, 0.717) is 42.8 Å². The lowest BCUT2D eigenvalue weighted by atomic mass is 10.00. The van der Waals surface area contributed by atoms with E-state index in [1.807, 2.05) is 0 Å². The van der Waals surface area contributed by atoms with Gasteiger partial charge in [-0.2, -0.15) is 13.2 Å². The smallest absolute Gasteiger partial charge is 0.419 e. The molecular weight excluding hydrogens is 373 g/mol. The molecule has 3 N–H and O–H groups in total. The first-order chi connectivity index (χ1) is 13.0. The van der Waals surface area contributed by atoms with Crippen LogP contribution in [0.15, 0.2) is 12.3 Å². The molecule has 0 unspecified atom stereocenters. The Hall–Kier alpha value is -2.45. The Morgan fingerprint density at radius 1 is 1.36 bits per heavy atom. The number of nitrogens with two attached hydrogens (primary N) is 1. The second-order valence-electron chi connectivity index (χ2n) is 8.13. The lowest BCUT2D eigenvalue weighted by molar-refractivity contribution is -0.137. The van der Waals surface area contributed by atoms with Gasteiger partial charge in [-0.3, -0.25) is 4.98 Å². The first kappa shape index (κ1) is 20.3. The summed E-state index contributed by atoms with van der Waals surface area (Å²) < 4.78 is 46.3. The van der Waals surface area contributed by atoms with Crippen LogP contribution in [0.1, 0.15) is 50.4 Å². The number of carbonyl (C=O) groups is 1. The Morgan fingerprint density at radius 3 is 2.71 bits per heavy atom. The third-order valence-electron chi connectivity index (χ3n) is 4.70. The molecule has 0 saturated carbocycles. The molecule has 1 aromatic heterocycles. The van der Waals surface area contributed by atoms with E-state index in [1.54, 1.807) is 31.7 Å². The van der Waals surface area contributed by atoms with Gasteiger partial charge in [0.2, 0.25) is 0 Å². The van der Waals surface area contributed by atoms with Crippen LogP contribution < -0.4 is 16.0 Å². The van der Waals surface area contributed by atoms with Crippen LogP contribution in [0.2, 0.25) is 0 Å². The predicted molar refractivity (Wildman–Crippen MR) is 99.7 cm³/mol. The van der Waals surface area contributed by atoms with Crippen LogP contribution in [-0.2, 0) is 17.3 Å². The Kier molecular flexibility index (Phi) is 5.20. The van der Waals surface area contributed by atoms with Crippen molar-refractivity contribution >= 4 is 17.5 Å². The van der Waals surface area contributed by atoms with Gasteiger partial charge in [-0.1, -0.05) is 6.08 Å². The van der Waals surface area contributed by atoms with Crippen molar-refractivity contribution in [3.8, 4) is 0 Å². The number of fused-ring (bicyclic) bond motifs is 1. The molecule has 154 valence electrons. The van der Waals surface area contributed by atoms with Crippen molar-refractivity contribution in [2.24, 2.45) is 5.73 Å². The summed E-state index contributed by atoms with van der Waals surface area (Å²) in [5, 5.41) is 2.77. The minimum Gasteiger partial charge on any atom is -0.444 e. The fourth-order valence-electron chi connectivity index (χ4n) is 3.61. The average molecular weight is 398 g/mol. The summed E-state index contributed by atoms with van der Waals surface area (Å²) in [6.45, 7) is 5.95. The standard InChI is InChI=1S/C19H25F3N4O2/c1-18(2,3)28-17(27)25-11-5-4-8-26(10-11)16-12(19(20,21)22)9-24-14-7-6-13(23)15(14)16/h6,9,11H,4-5,7-8,10,23H2,1-3H3,(H,25,27)/t11-/m1/s1. The molecule has 1 atom stereocenters. The fraction of sp³-hybridized carbons (Fsp3) is 0.579. The second kappa shape index (κ2) is 7.18. The Balaban J connectivity index is 1.88. The third kappa shape index (κ3) is 4.34. The van der Waals surface area contributed by atoms with Crippen LogP contribution >= 0.6 is 0 Å². The summed E-state index contributed by atoms with van der Waals surface area (Å²) in [7, 11) is 0. The van der Waals surface area contributed by atoms with Gasteiger partial charge in [-0.15, -0.1) is 0 Å². The number of alkyl halides is 3. The Bertz CT molecular complexity index is 800. The number of anilines is 1. The average Bonchev–Trinajstić information content (AvgIpc) is 2.93. The zero-order valence-electron chi connectivity index (χ0n) is 16.2. The molecule has 1 aromatic rings. The van der Waals surface area contributed by atoms with Gasteiger partial charge in [0, 0.05) is 43.0 Å². The number of piperidine rings is 1. The predicted octanol–water partition coefficient (Wildman–Crippen LogP) is 3.45. The summed E-state index contributed by atoms with van der Waals surface area (Å²) in [6.07, 6.45) is -0.845. The number of amides is 1. The van der Waals surface area contributed by atoms with Gasteiger partial charge < -0.3 is 20.7 Å². The molecule has 1 saturated heterocycles. The van der Waals surface area contributed by atoms with E-state index in [9.17, 15) is 18.0 Å². The van der Waals surface area contributed by atoms with Gasteiger partial charge in [0.05, 0.1) is 16.9 Å². The van der Waals surface area contributed by atoms with E-state index < -0.39 is 23.4 Å². The summed E-state index contributed by atoms with van der Waals surface area (Å²) >= 11 is 0. The van der Waals surface area contributed by atoms with E-state index in [-0.39, 0.29) is 18.3 Å². The molecule has 2 heterocycles. The maximum Gasteiger partial charge on any atom is 0.419 e. The molecule has 1 aliphatic heterocycles. The number of carbonyl (C=O) groups excluding carboxylic acids is 1. The largest absolute Gasteiger partial charge is 0.444 e. The molecule has 9 heteroatoms. The Morgan fingerprint density at radius 2 is 2.07 bits per heavy atom. The number of hydrogen-bond donors (Lipinski definition) is 2. The quantitative estimate of drug-likeness (QED) is 0.798. The van der Waals surface area contributed by atoms with E-state index in [1.165, 1.54) is 0 Å². The summed E-state index contributed by atoms with van der Waals surface area (Å²) in [6, 6.07) is -0.319. The molecule has 28 heavy (non-hydrogen) atoms. The number of allylic oxidation sites excluding steroid dienone is 1. The molecule has 1 fully saturated rings. The minimum absolute atomic E-state index is 0.0550. The molecule has 2 aliphatic rings. The van der Waals surface area contributed by atoms with Crippen LogP contribution in [0.25, 0.3) is 5.70 Å². The van der Waals surface area contributed by atoms with E-state index in [2.05, 4.69) is 10.3 Å². The molecule has 1 aliphatic carbocycles. The third-order valence-corrected chi connectivity index (χ3v) is 4.70. The lowest BCUT2D eigenvalue weighted by Gasteiger charge is -2.37. The van der Waals surface area contributed by atoms with Crippen molar-refractivity contribution in [1.82, 2.24) is 10.3 Å². The number of nitrogens with zero attached hydrogens (tertiary/aromatic N) is 2. The van der Waals surface area contributed by atoms with Crippen molar-refractivity contribution < 1.29 is 22.7 Å². The fourth-order valence-corrected chi connectivity index (χ4v) is 3.61. The highest BCUT2D eigenvalue weighted by atomic mass is 19.4. The van der Waals surface area contributed by atoms with E-state index in [4.69, 9.17) is 10.5 Å². The van der Waals surface area contributed by atoms with Crippen LogP contribution in [0.4, 0.5) is 23.7 Å². The van der Waals surface area contributed by atoms with E-state index in [0.717, 1.165) is 6.20 Å². The molecular formula is C19H25F3N4O2. The zero-order valence-corrected chi connectivity index (χ0v) is 16.2. The number of hydrogen-bond acceptors (Lipinski definition) is 5. The number of aromatic nitrogens is 1. The molecule has 0 radical (unpaired) electrons. The van der Waals surface area contributed by atoms with Crippen molar-refractivity contribution in [3.63, 3.8) is 0 Å². The monoisotopic (exact) mass is 398 g/mol. The highest BCUT2D eigenvalue weighted by molar-refractivity contribution is 5.82. The first-order valence-electron chi connectivity index (χ1n) is 9.25. The maximum absolute atomic E-state index is 13.7. The number of ether oxygens (including phenoxy) is 1. The first-order valence-corrected chi connectivity index (χ1v) is 9.25. The maximum atomic E-state index is 13.7. The van der Waals surface area contributed by atoms with Crippen LogP contribution in [0, 0.1) is 0 Å². The van der Waals surface area contributed by atoms with Gasteiger partial charge in [-0.05, 0) is 33.6 Å². The van der Waals surface area contributed by atoms with Gasteiger partial charge in [0.1, 0.15) is 5.60 Å². The number of alkyl carbamates (subject to hydrolysis) is 1. The molecule has 6 nitrogen and oxygen atoms in total. The summed E-state index contributed by atoms with van der Waals surface area (Å²) in [5.41, 5.74) is 5.80. The van der Waals surface area contributed by atoms with Crippen LogP contribution in [0.3, 0.4) is 0 Å². The van der Waals surface area contributed by atoms with Crippen molar-refractivity contribution in [2.45, 2.75) is 57.9 Å².